The van der Waals surface area contributed by atoms with E-state index in [9.17, 15) is 4.79 Å². The van der Waals surface area contributed by atoms with Gasteiger partial charge in [0, 0.05) is 23.8 Å². The van der Waals surface area contributed by atoms with Crippen LogP contribution in [-0.4, -0.2) is 42.1 Å². The molecule has 0 saturated heterocycles. The molecule has 0 aliphatic heterocycles. The Bertz CT molecular complexity index is 558. The quantitative estimate of drug-likeness (QED) is 0.328. The van der Waals surface area contributed by atoms with Crippen LogP contribution in [0.15, 0.2) is 23.3 Å². The first-order valence-corrected chi connectivity index (χ1v) is 8.25. The molecule has 0 aliphatic carbocycles. The van der Waals surface area contributed by atoms with Gasteiger partial charge in [-0.05, 0) is 40.7 Å². The first-order chi connectivity index (χ1) is 11.4. The van der Waals surface area contributed by atoms with Crippen molar-refractivity contribution in [1.82, 2.24) is 20.9 Å². The Morgan fingerprint density at radius 3 is 2.60 bits per heavy atom. The number of pyridine rings is 1. The molecule has 0 saturated carbocycles. The van der Waals surface area contributed by atoms with Crippen molar-refractivity contribution in [3.8, 4) is 5.88 Å². The van der Waals surface area contributed by atoms with E-state index in [1.165, 1.54) is 0 Å². The van der Waals surface area contributed by atoms with Crippen LogP contribution in [0.3, 0.4) is 0 Å². The highest BCUT2D eigenvalue weighted by atomic mass is 127. The predicted octanol–water partition coefficient (Wildman–Crippen LogP) is 2.07. The zero-order chi connectivity index (χ0) is 18.0. The van der Waals surface area contributed by atoms with E-state index in [0.29, 0.717) is 31.5 Å². The Labute approximate surface area is 167 Å². The average Bonchev–Trinajstić information content (AvgIpc) is 2.50. The van der Waals surface area contributed by atoms with Crippen LogP contribution in [0.1, 0.15) is 40.2 Å². The number of ether oxygens (including phenoxy) is 1. The maximum Gasteiger partial charge on any atom is 0.239 e. The molecule has 142 valence electrons. The molecular formula is C17H30IN5O2. The first kappa shape index (κ1) is 23.4. The third-order valence-corrected chi connectivity index (χ3v) is 2.81. The van der Waals surface area contributed by atoms with E-state index in [2.05, 4.69) is 25.9 Å². The van der Waals surface area contributed by atoms with Gasteiger partial charge in [-0.1, -0.05) is 6.07 Å². The first-order valence-electron chi connectivity index (χ1n) is 8.25. The maximum absolute atomic E-state index is 11.9. The van der Waals surface area contributed by atoms with Crippen LogP contribution in [-0.2, 0) is 11.3 Å². The zero-order valence-electron chi connectivity index (χ0n) is 15.7. The van der Waals surface area contributed by atoms with Crippen LogP contribution >= 0.6 is 24.0 Å². The fraction of sp³-hybridized carbons (Fsp3) is 0.588. The molecule has 0 unspecified atom stereocenters. The molecule has 0 aromatic carbocycles. The number of amides is 1. The summed E-state index contributed by atoms with van der Waals surface area (Å²) < 4.78 is 5.50. The normalized spacial score (nSPS) is 11.3. The van der Waals surface area contributed by atoms with Gasteiger partial charge in [-0.15, -0.1) is 24.0 Å². The summed E-state index contributed by atoms with van der Waals surface area (Å²) in [5.74, 6) is 1.09. The van der Waals surface area contributed by atoms with Crippen LogP contribution < -0.4 is 20.7 Å². The topological polar surface area (TPSA) is 87.6 Å². The van der Waals surface area contributed by atoms with Gasteiger partial charge in [-0.3, -0.25) is 4.79 Å². The van der Waals surface area contributed by atoms with Crippen LogP contribution in [0.2, 0.25) is 0 Å². The number of hydrogen-bond acceptors (Lipinski definition) is 4. The van der Waals surface area contributed by atoms with Crippen LogP contribution in [0.25, 0.3) is 0 Å². The summed E-state index contributed by atoms with van der Waals surface area (Å²) in [7, 11) is 0. The number of guanidine groups is 1. The third kappa shape index (κ3) is 10.1. The van der Waals surface area contributed by atoms with E-state index in [4.69, 9.17) is 4.74 Å². The molecule has 0 aliphatic rings. The zero-order valence-corrected chi connectivity index (χ0v) is 18.0. The number of aromatic nitrogens is 1. The Kier molecular flexibility index (Phi) is 11.1. The van der Waals surface area contributed by atoms with Crippen molar-refractivity contribution in [2.75, 3.05) is 19.7 Å². The molecule has 0 atom stereocenters. The summed E-state index contributed by atoms with van der Waals surface area (Å²) in [5, 5.41) is 9.05. The molecule has 0 radical (unpaired) electrons. The summed E-state index contributed by atoms with van der Waals surface area (Å²) in [5.41, 5.74) is 0.645. The lowest BCUT2D eigenvalue weighted by Crippen LogP contribution is -2.48. The van der Waals surface area contributed by atoms with Crippen LogP contribution in [0.5, 0.6) is 5.88 Å². The van der Waals surface area contributed by atoms with Gasteiger partial charge in [0.2, 0.25) is 11.8 Å². The molecule has 0 spiro atoms. The van der Waals surface area contributed by atoms with Gasteiger partial charge in [-0.2, -0.15) is 0 Å². The molecule has 0 bridgehead atoms. The summed E-state index contributed by atoms with van der Waals surface area (Å²) in [6, 6.07) is 3.78. The second kappa shape index (κ2) is 11.9. The molecule has 1 aromatic rings. The standard InChI is InChI=1S/C17H29N5O2.HI/c1-6-18-16(21-12-14(23)22-17(3,4)5)20-11-13-9-8-10-19-15(13)24-7-2;/h8-10H,6-7,11-12H2,1-5H3,(H,22,23)(H2,18,20,21);1H. The summed E-state index contributed by atoms with van der Waals surface area (Å²) in [6.45, 7) is 11.6. The number of nitrogens with one attached hydrogen (secondary N) is 3. The Hall–Kier alpha value is -1.58. The molecule has 0 fully saturated rings. The second-order valence-corrected chi connectivity index (χ2v) is 6.25. The van der Waals surface area contributed by atoms with Crippen molar-refractivity contribution in [3.63, 3.8) is 0 Å². The Balaban J connectivity index is 0.00000576. The van der Waals surface area contributed by atoms with Crippen molar-refractivity contribution < 1.29 is 9.53 Å². The maximum atomic E-state index is 11.9. The smallest absolute Gasteiger partial charge is 0.239 e. The summed E-state index contributed by atoms with van der Waals surface area (Å²) >= 11 is 0. The average molecular weight is 463 g/mol. The molecule has 3 N–H and O–H groups in total. The van der Waals surface area contributed by atoms with Crippen LogP contribution in [0.4, 0.5) is 0 Å². The fourth-order valence-electron chi connectivity index (χ4n) is 1.94. The van der Waals surface area contributed by atoms with Crippen molar-refractivity contribution in [1.29, 1.82) is 0 Å². The minimum Gasteiger partial charge on any atom is -0.478 e. The number of nitrogens with zero attached hydrogens (tertiary/aromatic N) is 2. The number of carbonyl (C=O) groups excluding carboxylic acids is 1. The molecule has 1 amide bonds. The van der Waals surface area contributed by atoms with Gasteiger partial charge >= 0.3 is 0 Å². The molecule has 8 heteroatoms. The highest BCUT2D eigenvalue weighted by Crippen LogP contribution is 2.15. The fourth-order valence-corrected chi connectivity index (χ4v) is 1.94. The monoisotopic (exact) mass is 463 g/mol. The second-order valence-electron chi connectivity index (χ2n) is 6.25. The molecule has 1 rings (SSSR count). The molecule has 7 nitrogen and oxygen atoms in total. The van der Waals surface area contributed by atoms with Crippen molar-refractivity contribution >= 4 is 35.8 Å². The minimum atomic E-state index is -0.254. The van der Waals surface area contributed by atoms with E-state index >= 15 is 0 Å². The number of carbonyl (C=O) groups is 1. The summed E-state index contributed by atoms with van der Waals surface area (Å²) in [4.78, 5) is 20.6. The number of halogens is 1. The Morgan fingerprint density at radius 1 is 1.28 bits per heavy atom. The number of rotatable bonds is 7. The van der Waals surface area contributed by atoms with Gasteiger partial charge in [-0.25, -0.2) is 9.98 Å². The molecule has 1 heterocycles. The van der Waals surface area contributed by atoms with Crippen LogP contribution in [0, 0.1) is 0 Å². The van der Waals surface area contributed by atoms with Crippen molar-refractivity contribution in [3.05, 3.63) is 23.9 Å². The van der Waals surface area contributed by atoms with Gasteiger partial charge in [0.05, 0.1) is 19.7 Å². The molecular weight excluding hydrogens is 433 g/mol. The molecule has 1 aromatic heterocycles. The van der Waals surface area contributed by atoms with Gasteiger partial charge < -0.3 is 20.7 Å². The number of aliphatic imine (C=N–C) groups is 1. The molecule has 25 heavy (non-hydrogen) atoms. The van der Waals surface area contributed by atoms with E-state index in [1.54, 1.807) is 6.20 Å². The lowest BCUT2D eigenvalue weighted by Gasteiger charge is -2.21. The lowest BCUT2D eigenvalue weighted by atomic mass is 10.1. The van der Waals surface area contributed by atoms with Crippen molar-refractivity contribution in [2.24, 2.45) is 4.99 Å². The third-order valence-electron chi connectivity index (χ3n) is 2.81. The van der Waals surface area contributed by atoms with Gasteiger partial charge in [0.1, 0.15) is 0 Å². The van der Waals surface area contributed by atoms with E-state index < -0.39 is 0 Å². The van der Waals surface area contributed by atoms with Crippen molar-refractivity contribution in [2.45, 2.75) is 46.7 Å². The van der Waals surface area contributed by atoms with E-state index in [-0.39, 0.29) is 42.0 Å². The predicted molar refractivity (Wildman–Crippen MR) is 112 cm³/mol. The summed E-state index contributed by atoms with van der Waals surface area (Å²) in [6.07, 6.45) is 1.69. The van der Waals surface area contributed by atoms with Gasteiger partial charge in [0.25, 0.3) is 0 Å². The van der Waals surface area contributed by atoms with Gasteiger partial charge in [0.15, 0.2) is 5.96 Å². The number of hydrogen-bond donors (Lipinski definition) is 3. The highest BCUT2D eigenvalue weighted by molar-refractivity contribution is 14.0. The lowest BCUT2D eigenvalue weighted by molar-refractivity contribution is -0.121. The Morgan fingerprint density at radius 2 is 2.00 bits per heavy atom. The van der Waals surface area contributed by atoms with E-state index in [0.717, 1.165) is 5.56 Å². The van der Waals surface area contributed by atoms with E-state index in [1.807, 2.05) is 46.8 Å². The largest absolute Gasteiger partial charge is 0.478 e. The minimum absolute atomic E-state index is 0. The highest BCUT2D eigenvalue weighted by Gasteiger charge is 2.13. The SMILES string of the molecule is CCNC(=NCc1cccnc1OCC)NCC(=O)NC(C)(C)C.I.